The number of carbonyl (C=O) groups excluding carboxylic acids is 2. The summed E-state index contributed by atoms with van der Waals surface area (Å²) in [5.74, 6) is 1.63. The van der Waals surface area contributed by atoms with Crippen molar-refractivity contribution in [3.05, 3.63) is 66.0 Å². The van der Waals surface area contributed by atoms with Crippen molar-refractivity contribution in [1.29, 1.82) is 0 Å². The van der Waals surface area contributed by atoms with Gasteiger partial charge in [0.15, 0.2) is 5.82 Å². The topological polar surface area (TPSA) is 88.9 Å². The fraction of sp³-hybridized carbons (Fsp3) is 0.385. The number of rotatable bonds is 7. The van der Waals surface area contributed by atoms with Gasteiger partial charge in [0.25, 0.3) is 5.91 Å². The summed E-state index contributed by atoms with van der Waals surface area (Å²) in [4.78, 5) is 25.7. The molecule has 0 saturated carbocycles. The van der Waals surface area contributed by atoms with E-state index in [1.54, 1.807) is 0 Å². The number of nitrogens with one attached hydrogen (secondary N) is 2. The van der Waals surface area contributed by atoms with Gasteiger partial charge in [0.1, 0.15) is 11.9 Å². The molecule has 0 saturated heterocycles. The minimum absolute atomic E-state index is 0.145. The standard InChI is InChI=1S/C26H31N5O2/c1-18(2)16-23(32)28-24(19-10-5-3-6-11-19)26(33)27-21-13-9-12-20(17-21)25-30-29-22-14-7-4-8-15-31(22)25/h3,5-6,9-13,17-18,24H,4,7-8,14-16H2,1-2H3,(H,27,33)(H,28,32). The summed E-state index contributed by atoms with van der Waals surface area (Å²) in [5.41, 5.74) is 2.31. The summed E-state index contributed by atoms with van der Waals surface area (Å²) in [6.45, 7) is 4.87. The van der Waals surface area contributed by atoms with Crippen LogP contribution in [0.2, 0.25) is 0 Å². The van der Waals surface area contributed by atoms with Crippen LogP contribution in [0.4, 0.5) is 5.69 Å². The number of hydrogen-bond donors (Lipinski definition) is 2. The zero-order chi connectivity index (χ0) is 23.2. The third-order valence-corrected chi connectivity index (χ3v) is 5.79. The van der Waals surface area contributed by atoms with Crippen LogP contribution in [0.15, 0.2) is 54.6 Å². The molecule has 33 heavy (non-hydrogen) atoms. The highest BCUT2D eigenvalue weighted by molar-refractivity contribution is 5.98. The van der Waals surface area contributed by atoms with Crippen molar-refractivity contribution in [1.82, 2.24) is 20.1 Å². The maximum atomic E-state index is 13.3. The Balaban J connectivity index is 1.55. The first-order valence-corrected chi connectivity index (χ1v) is 11.7. The molecule has 4 rings (SSSR count). The fourth-order valence-corrected chi connectivity index (χ4v) is 4.19. The van der Waals surface area contributed by atoms with E-state index >= 15 is 0 Å². The Morgan fingerprint density at radius 1 is 1.00 bits per heavy atom. The number of carbonyl (C=O) groups is 2. The van der Waals surface area contributed by atoms with Gasteiger partial charge in [-0.3, -0.25) is 9.59 Å². The lowest BCUT2D eigenvalue weighted by Gasteiger charge is -2.20. The van der Waals surface area contributed by atoms with Gasteiger partial charge < -0.3 is 15.2 Å². The third kappa shape index (κ3) is 5.66. The molecular formula is C26H31N5O2. The van der Waals surface area contributed by atoms with Gasteiger partial charge >= 0.3 is 0 Å². The molecule has 0 spiro atoms. The van der Waals surface area contributed by atoms with Gasteiger partial charge in [0.2, 0.25) is 5.91 Å². The summed E-state index contributed by atoms with van der Waals surface area (Å²) in [6.07, 6.45) is 4.76. The molecule has 0 bridgehead atoms. The SMILES string of the molecule is CC(C)CC(=O)NC(C(=O)Nc1cccc(-c2nnc3n2CCCCC3)c1)c1ccccc1. The largest absolute Gasteiger partial charge is 0.341 e. The van der Waals surface area contributed by atoms with Gasteiger partial charge in [-0.1, -0.05) is 62.7 Å². The van der Waals surface area contributed by atoms with Crippen molar-refractivity contribution >= 4 is 17.5 Å². The number of fused-ring (bicyclic) bond motifs is 1. The minimum atomic E-state index is -0.773. The summed E-state index contributed by atoms with van der Waals surface area (Å²) in [5, 5.41) is 14.7. The number of anilines is 1. The predicted molar refractivity (Wildman–Crippen MR) is 128 cm³/mol. The second-order valence-corrected chi connectivity index (χ2v) is 8.98. The molecule has 7 nitrogen and oxygen atoms in total. The van der Waals surface area contributed by atoms with Crippen molar-refractivity contribution in [2.75, 3.05) is 5.32 Å². The van der Waals surface area contributed by atoms with Crippen LogP contribution in [0, 0.1) is 5.92 Å². The molecule has 7 heteroatoms. The molecule has 2 aromatic carbocycles. The van der Waals surface area contributed by atoms with Gasteiger partial charge in [-0.2, -0.15) is 0 Å². The number of hydrogen-bond acceptors (Lipinski definition) is 4. The van der Waals surface area contributed by atoms with E-state index in [1.165, 1.54) is 6.42 Å². The van der Waals surface area contributed by atoms with Gasteiger partial charge in [-0.15, -0.1) is 10.2 Å². The van der Waals surface area contributed by atoms with Crippen molar-refractivity contribution in [2.24, 2.45) is 5.92 Å². The quantitative estimate of drug-likeness (QED) is 0.560. The Labute approximate surface area is 194 Å². The molecule has 1 aliphatic rings. The van der Waals surface area contributed by atoms with Crippen molar-refractivity contribution in [3.8, 4) is 11.4 Å². The lowest BCUT2D eigenvalue weighted by molar-refractivity contribution is -0.127. The number of benzene rings is 2. The molecule has 0 aliphatic carbocycles. The van der Waals surface area contributed by atoms with E-state index in [2.05, 4.69) is 25.4 Å². The molecule has 172 valence electrons. The van der Waals surface area contributed by atoms with Crippen LogP contribution >= 0.6 is 0 Å². The Kier molecular flexibility index (Phi) is 7.17. The molecular weight excluding hydrogens is 414 g/mol. The molecule has 3 aromatic rings. The number of nitrogens with zero attached hydrogens (tertiary/aromatic N) is 3. The first-order valence-electron chi connectivity index (χ1n) is 11.7. The Bertz CT molecular complexity index is 1110. The van der Waals surface area contributed by atoms with Crippen LogP contribution in [-0.2, 0) is 22.6 Å². The molecule has 1 atom stereocenters. The number of amides is 2. The Morgan fingerprint density at radius 2 is 1.82 bits per heavy atom. The molecule has 0 radical (unpaired) electrons. The van der Waals surface area contributed by atoms with Gasteiger partial charge in [-0.25, -0.2) is 0 Å². The Hall–Kier alpha value is -3.48. The van der Waals surface area contributed by atoms with E-state index in [0.29, 0.717) is 12.1 Å². The molecule has 2 heterocycles. The van der Waals surface area contributed by atoms with Crippen LogP contribution in [-0.4, -0.2) is 26.6 Å². The van der Waals surface area contributed by atoms with Gasteiger partial charge in [0, 0.05) is 30.6 Å². The summed E-state index contributed by atoms with van der Waals surface area (Å²) < 4.78 is 2.19. The first kappa shape index (κ1) is 22.7. The highest BCUT2D eigenvalue weighted by atomic mass is 16.2. The molecule has 1 aliphatic heterocycles. The van der Waals surface area contributed by atoms with E-state index in [-0.39, 0.29) is 17.7 Å². The molecule has 1 unspecified atom stereocenters. The fourth-order valence-electron chi connectivity index (χ4n) is 4.19. The van der Waals surface area contributed by atoms with Crippen LogP contribution < -0.4 is 10.6 Å². The van der Waals surface area contributed by atoms with Crippen LogP contribution in [0.5, 0.6) is 0 Å². The third-order valence-electron chi connectivity index (χ3n) is 5.79. The minimum Gasteiger partial charge on any atom is -0.341 e. The smallest absolute Gasteiger partial charge is 0.251 e. The molecule has 2 N–H and O–H groups in total. The van der Waals surface area contributed by atoms with Crippen molar-refractivity contribution in [3.63, 3.8) is 0 Å². The summed E-state index contributed by atoms with van der Waals surface area (Å²) >= 11 is 0. The normalized spacial score (nSPS) is 14.3. The van der Waals surface area contributed by atoms with Crippen LogP contribution in [0.1, 0.15) is 57.0 Å². The highest BCUT2D eigenvalue weighted by Gasteiger charge is 2.23. The monoisotopic (exact) mass is 445 g/mol. The molecule has 2 amide bonds. The second-order valence-electron chi connectivity index (χ2n) is 8.98. The lowest BCUT2D eigenvalue weighted by atomic mass is 10.0. The van der Waals surface area contributed by atoms with E-state index in [0.717, 1.165) is 48.6 Å². The second kappa shape index (κ2) is 10.4. The van der Waals surface area contributed by atoms with Crippen LogP contribution in [0.3, 0.4) is 0 Å². The van der Waals surface area contributed by atoms with Crippen molar-refractivity contribution in [2.45, 2.75) is 58.5 Å². The van der Waals surface area contributed by atoms with E-state index in [9.17, 15) is 9.59 Å². The zero-order valence-corrected chi connectivity index (χ0v) is 19.3. The maximum absolute atomic E-state index is 13.3. The van der Waals surface area contributed by atoms with Gasteiger partial charge in [-0.05, 0) is 36.5 Å². The van der Waals surface area contributed by atoms with E-state index in [1.807, 2.05) is 68.4 Å². The van der Waals surface area contributed by atoms with E-state index in [4.69, 9.17) is 0 Å². The average Bonchev–Trinajstić information content (AvgIpc) is 3.06. The van der Waals surface area contributed by atoms with E-state index < -0.39 is 6.04 Å². The maximum Gasteiger partial charge on any atom is 0.251 e. The van der Waals surface area contributed by atoms with Crippen molar-refractivity contribution < 1.29 is 9.59 Å². The Morgan fingerprint density at radius 3 is 2.61 bits per heavy atom. The summed E-state index contributed by atoms with van der Waals surface area (Å²) in [6, 6.07) is 16.2. The average molecular weight is 446 g/mol. The molecule has 1 aromatic heterocycles. The summed E-state index contributed by atoms with van der Waals surface area (Å²) in [7, 11) is 0. The number of aromatic nitrogens is 3. The lowest BCUT2D eigenvalue weighted by Crippen LogP contribution is -2.37. The zero-order valence-electron chi connectivity index (χ0n) is 19.3. The molecule has 0 fully saturated rings. The highest BCUT2D eigenvalue weighted by Crippen LogP contribution is 2.25. The van der Waals surface area contributed by atoms with Gasteiger partial charge in [0.05, 0.1) is 0 Å². The first-order chi connectivity index (χ1) is 16.0. The number of aryl methyl sites for hydroxylation is 1. The van der Waals surface area contributed by atoms with Crippen LogP contribution in [0.25, 0.3) is 11.4 Å². The predicted octanol–water partition coefficient (Wildman–Crippen LogP) is 4.51.